The molecule has 102 valence electrons. The average molecular weight is 276 g/mol. The van der Waals surface area contributed by atoms with Crippen LogP contribution in [0, 0.1) is 6.92 Å². The maximum atomic E-state index is 10.2. The molecule has 0 aliphatic carbocycles. The number of benzene rings is 1. The van der Waals surface area contributed by atoms with Gasteiger partial charge >= 0.3 is 0 Å². The van der Waals surface area contributed by atoms with Crippen molar-refractivity contribution >= 4 is 11.8 Å². The Kier molecular flexibility index (Phi) is 5.05. The van der Waals surface area contributed by atoms with Crippen LogP contribution >= 0.6 is 11.8 Å². The van der Waals surface area contributed by atoms with E-state index in [2.05, 4.69) is 37.0 Å². The smallest absolute Gasteiger partial charge is 0.138 e. The van der Waals surface area contributed by atoms with Gasteiger partial charge in [0.05, 0.1) is 0 Å². The minimum Gasteiger partial charge on any atom is -0.384 e. The Hall–Kier alpha value is -1.26. The van der Waals surface area contributed by atoms with Crippen LogP contribution in [-0.2, 0) is 6.54 Å². The molecule has 0 aliphatic heterocycles. The lowest BCUT2D eigenvalue weighted by atomic mass is 10.2. The maximum absolute atomic E-state index is 10.2. The molecule has 0 fully saturated rings. The summed E-state index contributed by atoms with van der Waals surface area (Å²) in [6.07, 6.45) is 4.21. The highest BCUT2D eigenvalue weighted by Crippen LogP contribution is 2.24. The molecule has 1 aromatic heterocycles. The molecule has 1 aromatic carbocycles. The van der Waals surface area contributed by atoms with E-state index in [1.807, 2.05) is 16.8 Å². The zero-order valence-corrected chi connectivity index (χ0v) is 12.2. The summed E-state index contributed by atoms with van der Waals surface area (Å²) in [5, 5.41) is 10.2. The molecule has 0 saturated heterocycles. The molecule has 0 aliphatic rings. The van der Waals surface area contributed by atoms with Gasteiger partial charge in [-0.05, 0) is 25.5 Å². The van der Waals surface area contributed by atoms with E-state index in [4.69, 9.17) is 0 Å². The Balaban J connectivity index is 1.97. The number of imidazole rings is 1. The van der Waals surface area contributed by atoms with E-state index >= 15 is 0 Å². The van der Waals surface area contributed by atoms with Crippen LogP contribution in [0.25, 0.3) is 0 Å². The molecular formula is C15H20N2OS. The summed E-state index contributed by atoms with van der Waals surface area (Å²) in [7, 11) is 0. The Bertz CT molecular complexity index is 524. The van der Waals surface area contributed by atoms with Crippen LogP contribution in [0.5, 0.6) is 0 Å². The van der Waals surface area contributed by atoms with Crippen molar-refractivity contribution in [1.29, 1.82) is 0 Å². The van der Waals surface area contributed by atoms with E-state index < -0.39 is 6.10 Å². The van der Waals surface area contributed by atoms with Gasteiger partial charge in [0.2, 0.25) is 0 Å². The predicted octanol–water partition coefficient (Wildman–Crippen LogP) is 3.43. The van der Waals surface area contributed by atoms with E-state index in [1.54, 1.807) is 18.0 Å². The molecule has 0 amide bonds. The Labute approximate surface area is 118 Å². The van der Waals surface area contributed by atoms with Crippen LogP contribution < -0.4 is 0 Å². The summed E-state index contributed by atoms with van der Waals surface area (Å²) in [5.41, 5.74) is 1.24. The van der Waals surface area contributed by atoms with E-state index in [0.29, 0.717) is 5.75 Å². The molecule has 0 spiro atoms. The number of rotatable bonds is 6. The molecule has 1 N–H and O–H groups in total. The van der Waals surface area contributed by atoms with Crippen LogP contribution in [0.15, 0.2) is 41.6 Å². The summed E-state index contributed by atoms with van der Waals surface area (Å²) < 4.78 is 2.03. The van der Waals surface area contributed by atoms with Gasteiger partial charge in [-0.2, -0.15) is 0 Å². The molecule has 1 heterocycles. The number of hydrogen-bond acceptors (Lipinski definition) is 3. The average Bonchev–Trinajstić information content (AvgIpc) is 2.85. The maximum Gasteiger partial charge on any atom is 0.138 e. The number of aryl methyl sites for hydroxylation is 2. The third-order valence-corrected chi connectivity index (χ3v) is 3.98. The zero-order chi connectivity index (χ0) is 13.7. The first-order valence-electron chi connectivity index (χ1n) is 6.59. The fraction of sp³-hybridized carbons (Fsp3) is 0.400. The van der Waals surface area contributed by atoms with Crippen molar-refractivity contribution in [3.63, 3.8) is 0 Å². The van der Waals surface area contributed by atoms with Crippen molar-refractivity contribution in [1.82, 2.24) is 9.55 Å². The number of nitrogens with zero attached hydrogens (tertiary/aromatic N) is 2. The molecule has 3 nitrogen and oxygen atoms in total. The molecule has 0 bridgehead atoms. The van der Waals surface area contributed by atoms with Crippen LogP contribution in [0.3, 0.4) is 0 Å². The van der Waals surface area contributed by atoms with Crippen LogP contribution in [0.2, 0.25) is 0 Å². The van der Waals surface area contributed by atoms with Crippen molar-refractivity contribution in [2.24, 2.45) is 0 Å². The summed E-state index contributed by atoms with van der Waals surface area (Å²) in [6, 6.07) is 8.33. The number of aliphatic hydroxyl groups is 1. The summed E-state index contributed by atoms with van der Waals surface area (Å²) in [6.45, 7) is 5.10. The fourth-order valence-electron chi connectivity index (χ4n) is 2.00. The highest BCUT2D eigenvalue weighted by atomic mass is 32.2. The minimum absolute atomic E-state index is 0.521. The lowest BCUT2D eigenvalue weighted by Gasteiger charge is -2.12. The summed E-state index contributed by atoms with van der Waals surface area (Å²) >= 11 is 1.66. The highest BCUT2D eigenvalue weighted by molar-refractivity contribution is 7.99. The normalized spacial score (nSPS) is 12.6. The standard InChI is InChI=1S/C15H20N2OS/c1-3-8-17-9-7-16-15(17)14(18)11-19-13-6-4-5-12(2)10-13/h4-7,9-10,14,18H,3,8,11H2,1-2H3. The third kappa shape index (κ3) is 3.85. The molecule has 2 aromatic rings. The van der Waals surface area contributed by atoms with Crippen molar-refractivity contribution in [3.8, 4) is 0 Å². The monoisotopic (exact) mass is 276 g/mol. The largest absolute Gasteiger partial charge is 0.384 e. The number of hydrogen-bond donors (Lipinski definition) is 1. The van der Waals surface area contributed by atoms with Gasteiger partial charge in [0, 0.05) is 29.6 Å². The topological polar surface area (TPSA) is 38.0 Å². The van der Waals surface area contributed by atoms with Crippen LogP contribution in [-0.4, -0.2) is 20.4 Å². The number of aromatic nitrogens is 2. The first-order chi connectivity index (χ1) is 9.20. The van der Waals surface area contributed by atoms with E-state index in [1.165, 1.54) is 10.5 Å². The van der Waals surface area contributed by atoms with E-state index in [-0.39, 0.29) is 0 Å². The zero-order valence-electron chi connectivity index (χ0n) is 11.4. The number of thioether (sulfide) groups is 1. The molecular weight excluding hydrogens is 256 g/mol. The van der Waals surface area contributed by atoms with Crippen molar-refractivity contribution in [2.75, 3.05) is 5.75 Å². The number of aliphatic hydroxyl groups excluding tert-OH is 1. The molecule has 2 rings (SSSR count). The molecule has 0 radical (unpaired) electrons. The summed E-state index contributed by atoms with van der Waals surface area (Å²) in [5.74, 6) is 1.39. The van der Waals surface area contributed by atoms with Gasteiger partial charge in [0.25, 0.3) is 0 Å². The second-order valence-corrected chi connectivity index (χ2v) is 5.72. The summed E-state index contributed by atoms with van der Waals surface area (Å²) in [4.78, 5) is 5.45. The quantitative estimate of drug-likeness (QED) is 0.821. The van der Waals surface area contributed by atoms with E-state index in [9.17, 15) is 5.11 Å². The molecule has 0 saturated carbocycles. The second kappa shape index (κ2) is 6.78. The van der Waals surface area contributed by atoms with Gasteiger partial charge in [-0.25, -0.2) is 4.98 Å². The van der Waals surface area contributed by atoms with Gasteiger partial charge < -0.3 is 9.67 Å². The first-order valence-corrected chi connectivity index (χ1v) is 7.58. The van der Waals surface area contributed by atoms with Gasteiger partial charge in [-0.1, -0.05) is 24.6 Å². The van der Waals surface area contributed by atoms with Crippen molar-refractivity contribution < 1.29 is 5.11 Å². The lowest BCUT2D eigenvalue weighted by Crippen LogP contribution is -2.10. The van der Waals surface area contributed by atoms with Gasteiger partial charge in [0.1, 0.15) is 11.9 Å². The minimum atomic E-state index is -0.521. The molecule has 4 heteroatoms. The Morgan fingerprint density at radius 3 is 3.00 bits per heavy atom. The lowest BCUT2D eigenvalue weighted by molar-refractivity contribution is 0.188. The van der Waals surface area contributed by atoms with E-state index in [0.717, 1.165) is 18.8 Å². The first kappa shape index (κ1) is 14.2. The van der Waals surface area contributed by atoms with Crippen LogP contribution in [0.1, 0.15) is 30.8 Å². The van der Waals surface area contributed by atoms with Gasteiger partial charge in [-0.15, -0.1) is 11.8 Å². The van der Waals surface area contributed by atoms with Crippen molar-refractivity contribution in [2.45, 2.75) is 37.8 Å². The Morgan fingerprint density at radius 2 is 2.26 bits per heavy atom. The third-order valence-electron chi connectivity index (χ3n) is 2.91. The van der Waals surface area contributed by atoms with Gasteiger partial charge in [0.15, 0.2) is 0 Å². The fourth-order valence-corrected chi connectivity index (χ4v) is 2.95. The van der Waals surface area contributed by atoms with Crippen LogP contribution in [0.4, 0.5) is 0 Å². The Morgan fingerprint density at radius 1 is 1.42 bits per heavy atom. The highest BCUT2D eigenvalue weighted by Gasteiger charge is 2.13. The second-order valence-electron chi connectivity index (χ2n) is 4.62. The predicted molar refractivity (Wildman–Crippen MR) is 79.4 cm³/mol. The molecule has 1 atom stereocenters. The van der Waals surface area contributed by atoms with Crippen molar-refractivity contribution in [3.05, 3.63) is 48.0 Å². The molecule has 1 unspecified atom stereocenters. The SMILES string of the molecule is CCCn1ccnc1C(O)CSc1cccc(C)c1. The van der Waals surface area contributed by atoms with Gasteiger partial charge in [-0.3, -0.25) is 0 Å². The molecule has 19 heavy (non-hydrogen) atoms.